The van der Waals surface area contributed by atoms with Gasteiger partial charge < -0.3 is 0 Å². The summed E-state index contributed by atoms with van der Waals surface area (Å²) in [6, 6.07) is 33.2. The fraction of sp³-hybridized carbons (Fsp3) is 0.135. The van der Waals surface area contributed by atoms with Crippen LogP contribution in [0.3, 0.4) is 0 Å². The lowest BCUT2D eigenvalue weighted by atomic mass is 9.94. The summed E-state index contributed by atoms with van der Waals surface area (Å²) >= 11 is 0. The quantitative estimate of drug-likeness (QED) is 0.208. The minimum absolute atomic E-state index is 0.358. The molecule has 0 aliphatic heterocycles. The first-order chi connectivity index (χ1) is 20.1. The molecule has 3 heterocycles. The summed E-state index contributed by atoms with van der Waals surface area (Å²) < 4.78 is 0. The van der Waals surface area contributed by atoms with E-state index in [4.69, 9.17) is 19.9 Å². The third-order valence-electron chi connectivity index (χ3n) is 7.67. The Bertz CT molecular complexity index is 1900. The van der Waals surface area contributed by atoms with Gasteiger partial charge in [-0.3, -0.25) is 0 Å². The third kappa shape index (κ3) is 4.82. The van der Waals surface area contributed by atoms with E-state index in [0.29, 0.717) is 11.7 Å². The van der Waals surface area contributed by atoms with Gasteiger partial charge in [0.15, 0.2) is 5.82 Å². The molecule has 4 nitrogen and oxygen atoms in total. The molecule has 4 heteroatoms. The van der Waals surface area contributed by atoms with Crippen molar-refractivity contribution >= 4 is 27.4 Å². The lowest BCUT2D eigenvalue weighted by Crippen LogP contribution is -2.00. The number of hydrogen-bond acceptors (Lipinski definition) is 4. The van der Waals surface area contributed by atoms with Crippen LogP contribution in [0.5, 0.6) is 0 Å². The van der Waals surface area contributed by atoms with E-state index in [-0.39, 0.29) is 0 Å². The molecule has 0 saturated carbocycles. The van der Waals surface area contributed by atoms with E-state index in [1.54, 1.807) is 0 Å². The molecule has 0 unspecified atom stereocenters. The Hall–Kier alpha value is -4.96. The first-order valence-corrected chi connectivity index (χ1v) is 14.3. The molecule has 0 saturated heterocycles. The Balaban J connectivity index is 1.46. The molecule has 3 aromatic carbocycles. The Morgan fingerprint density at radius 1 is 0.585 bits per heavy atom. The van der Waals surface area contributed by atoms with Crippen LogP contribution in [0, 0.1) is 0 Å². The van der Waals surface area contributed by atoms with Crippen LogP contribution in [0.15, 0.2) is 115 Å². The lowest BCUT2D eigenvalue weighted by Gasteiger charge is -2.16. The molecule has 0 amide bonds. The maximum absolute atomic E-state index is 5.24. The monoisotopic (exact) mass is 530 g/mol. The summed E-state index contributed by atoms with van der Waals surface area (Å²) in [5.41, 5.74) is 9.79. The number of pyridine rings is 2. The highest BCUT2D eigenvalue weighted by Gasteiger charge is 2.17. The van der Waals surface area contributed by atoms with Crippen LogP contribution in [-0.4, -0.2) is 19.9 Å². The zero-order valence-corrected chi connectivity index (χ0v) is 23.3. The molecule has 41 heavy (non-hydrogen) atoms. The van der Waals surface area contributed by atoms with Crippen LogP contribution in [-0.2, 0) is 0 Å². The third-order valence-corrected chi connectivity index (χ3v) is 7.67. The number of rotatable bonds is 5. The van der Waals surface area contributed by atoms with Crippen molar-refractivity contribution in [3.63, 3.8) is 0 Å². The zero-order chi connectivity index (χ0) is 27.8. The summed E-state index contributed by atoms with van der Waals surface area (Å²) in [5.74, 6) is 1.04. The van der Waals surface area contributed by atoms with Gasteiger partial charge in [0.05, 0.1) is 33.8 Å². The molecule has 198 valence electrons. The van der Waals surface area contributed by atoms with Gasteiger partial charge in [-0.05, 0) is 48.1 Å². The molecule has 0 fully saturated rings. The molecule has 1 aliphatic carbocycles. The Morgan fingerprint density at radius 2 is 1.29 bits per heavy atom. The highest BCUT2D eigenvalue weighted by Crippen LogP contribution is 2.34. The SMILES string of the molecule is CC(C)c1cc(C2=CCCC=C2)nc2c1ccc1ccc(-c3cc(-c4ccccc4)nc(-c4ccccc4)n3)nc12. The summed E-state index contributed by atoms with van der Waals surface area (Å²) in [7, 11) is 0. The molecular formula is C37H30N4. The molecule has 0 bridgehead atoms. The number of hydrogen-bond donors (Lipinski definition) is 0. The van der Waals surface area contributed by atoms with Crippen LogP contribution in [0.2, 0.25) is 0 Å². The van der Waals surface area contributed by atoms with Crippen LogP contribution >= 0.6 is 0 Å². The first kappa shape index (κ1) is 25.0. The minimum Gasteiger partial charge on any atom is -0.245 e. The maximum Gasteiger partial charge on any atom is 0.160 e. The van der Waals surface area contributed by atoms with Gasteiger partial charge in [0.25, 0.3) is 0 Å². The molecular weight excluding hydrogens is 500 g/mol. The van der Waals surface area contributed by atoms with Gasteiger partial charge in [-0.2, -0.15) is 0 Å². The summed E-state index contributed by atoms with van der Waals surface area (Å²) in [6.07, 6.45) is 8.85. The normalized spacial score (nSPS) is 13.2. The minimum atomic E-state index is 0.358. The second-order valence-corrected chi connectivity index (χ2v) is 10.8. The second-order valence-electron chi connectivity index (χ2n) is 10.8. The van der Waals surface area contributed by atoms with Crippen molar-refractivity contribution in [2.75, 3.05) is 0 Å². The molecule has 0 spiro atoms. The van der Waals surface area contributed by atoms with Crippen molar-refractivity contribution in [3.05, 3.63) is 127 Å². The fourth-order valence-corrected chi connectivity index (χ4v) is 5.52. The van der Waals surface area contributed by atoms with Crippen molar-refractivity contribution < 1.29 is 0 Å². The van der Waals surface area contributed by atoms with Gasteiger partial charge in [-0.25, -0.2) is 19.9 Å². The van der Waals surface area contributed by atoms with E-state index in [0.717, 1.165) is 68.6 Å². The highest BCUT2D eigenvalue weighted by molar-refractivity contribution is 6.05. The Labute approximate surface area is 240 Å². The molecule has 3 aromatic heterocycles. The zero-order valence-electron chi connectivity index (χ0n) is 23.3. The summed E-state index contributed by atoms with van der Waals surface area (Å²) in [6.45, 7) is 4.49. The number of aromatic nitrogens is 4. The largest absolute Gasteiger partial charge is 0.245 e. The molecule has 1 aliphatic rings. The van der Waals surface area contributed by atoms with Gasteiger partial charge >= 0.3 is 0 Å². The number of fused-ring (bicyclic) bond motifs is 3. The fourth-order valence-electron chi connectivity index (χ4n) is 5.52. The first-order valence-electron chi connectivity index (χ1n) is 14.3. The van der Waals surface area contributed by atoms with Crippen LogP contribution in [0.4, 0.5) is 0 Å². The van der Waals surface area contributed by atoms with Crippen LogP contribution in [0.1, 0.15) is 43.9 Å². The van der Waals surface area contributed by atoms with Gasteiger partial charge in [0.1, 0.15) is 0 Å². The smallest absolute Gasteiger partial charge is 0.160 e. The number of benzene rings is 3. The molecule has 0 radical (unpaired) electrons. The Morgan fingerprint density at radius 3 is 2.02 bits per heavy atom. The molecule has 0 atom stereocenters. The van der Waals surface area contributed by atoms with E-state index in [9.17, 15) is 0 Å². The average Bonchev–Trinajstić information content (AvgIpc) is 3.05. The molecule has 7 rings (SSSR count). The predicted octanol–water partition coefficient (Wildman–Crippen LogP) is 9.43. The van der Waals surface area contributed by atoms with E-state index < -0.39 is 0 Å². The van der Waals surface area contributed by atoms with Crippen molar-refractivity contribution in [1.82, 2.24) is 19.9 Å². The molecule has 6 aromatic rings. The van der Waals surface area contributed by atoms with Crippen LogP contribution in [0.25, 0.3) is 61.4 Å². The number of nitrogens with zero attached hydrogens (tertiary/aromatic N) is 4. The van der Waals surface area contributed by atoms with Crippen molar-refractivity contribution in [2.45, 2.75) is 32.6 Å². The predicted molar refractivity (Wildman–Crippen MR) is 169 cm³/mol. The maximum atomic E-state index is 5.24. The summed E-state index contributed by atoms with van der Waals surface area (Å²) in [4.78, 5) is 20.4. The van der Waals surface area contributed by atoms with Crippen LogP contribution < -0.4 is 0 Å². The van der Waals surface area contributed by atoms with Crippen molar-refractivity contribution in [2.24, 2.45) is 0 Å². The summed E-state index contributed by atoms with van der Waals surface area (Å²) in [5, 5.41) is 2.22. The lowest BCUT2D eigenvalue weighted by molar-refractivity contribution is 0.873. The van der Waals surface area contributed by atoms with Gasteiger partial charge in [-0.1, -0.05) is 111 Å². The van der Waals surface area contributed by atoms with E-state index in [1.807, 2.05) is 54.6 Å². The van der Waals surface area contributed by atoms with Gasteiger partial charge in [0, 0.05) is 21.9 Å². The van der Waals surface area contributed by atoms with Crippen molar-refractivity contribution in [1.29, 1.82) is 0 Å². The van der Waals surface area contributed by atoms with Gasteiger partial charge in [0.2, 0.25) is 0 Å². The van der Waals surface area contributed by atoms with E-state index in [1.165, 1.54) is 11.1 Å². The average molecular weight is 531 g/mol. The highest BCUT2D eigenvalue weighted by atomic mass is 14.9. The number of allylic oxidation sites excluding steroid dienone is 4. The topological polar surface area (TPSA) is 51.6 Å². The molecule has 0 N–H and O–H groups in total. The van der Waals surface area contributed by atoms with E-state index >= 15 is 0 Å². The van der Waals surface area contributed by atoms with Crippen molar-refractivity contribution in [3.8, 4) is 34.0 Å². The second kappa shape index (κ2) is 10.5. The Kier molecular flexibility index (Phi) is 6.44. The van der Waals surface area contributed by atoms with E-state index in [2.05, 4.69) is 74.5 Å². The van der Waals surface area contributed by atoms with Gasteiger partial charge in [-0.15, -0.1) is 0 Å². The standard InChI is InChI=1S/C37H30N4/c1-24(2)30-22-32(25-12-6-3-7-13-25)39-36-29(30)20-18-27-19-21-31(38-35(27)36)34-23-33(26-14-8-4-9-15-26)40-37(41-34)28-16-10-5-11-17-28/h4-6,8-24H,3,7H2,1-2H3.